The Balaban J connectivity index is 1.58. The molecule has 0 unspecified atom stereocenters. The largest absolute Gasteiger partial charge is 0.351 e. The van der Waals surface area contributed by atoms with Gasteiger partial charge in [0, 0.05) is 35.8 Å². The van der Waals surface area contributed by atoms with Gasteiger partial charge in [0.15, 0.2) is 0 Å². The smallest absolute Gasteiger partial charge is 0.269 e. The molecule has 4 rings (SSSR count). The van der Waals surface area contributed by atoms with E-state index in [1.807, 2.05) is 48.5 Å². The van der Waals surface area contributed by atoms with E-state index in [4.69, 9.17) is 5.26 Å². The maximum Gasteiger partial charge on any atom is 0.269 e. The molecule has 1 amide bonds. The highest BCUT2D eigenvalue weighted by Crippen LogP contribution is 2.26. The van der Waals surface area contributed by atoms with E-state index >= 15 is 0 Å². The van der Waals surface area contributed by atoms with Crippen molar-refractivity contribution < 1.29 is 4.79 Å². The fourth-order valence-corrected chi connectivity index (χ4v) is 3.11. The number of carbonyl (C=O) groups excluding carboxylic acids is 1. The zero-order chi connectivity index (χ0) is 20.1. The quantitative estimate of drug-likeness (QED) is 0.486. The highest BCUT2D eigenvalue weighted by molar-refractivity contribution is 5.93. The van der Waals surface area contributed by atoms with E-state index in [1.54, 1.807) is 12.3 Å². The average molecular weight is 381 g/mol. The van der Waals surface area contributed by atoms with Gasteiger partial charge in [0.05, 0.1) is 11.8 Å². The van der Waals surface area contributed by atoms with Gasteiger partial charge in [-0.25, -0.2) is 9.97 Å². The van der Waals surface area contributed by atoms with Crippen molar-refractivity contribution in [3.8, 4) is 28.6 Å². The lowest BCUT2D eigenvalue weighted by Crippen LogP contribution is -2.25. The third kappa shape index (κ3) is 4.14. The maximum atomic E-state index is 12.3. The van der Waals surface area contributed by atoms with Crippen molar-refractivity contribution in [2.24, 2.45) is 0 Å². The van der Waals surface area contributed by atoms with Crippen LogP contribution in [-0.2, 0) is 0 Å². The molecule has 2 N–H and O–H groups in total. The summed E-state index contributed by atoms with van der Waals surface area (Å²) in [4.78, 5) is 24.6. The first-order valence-corrected chi connectivity index (χ1v) is 9.41. The molecule has 0 aliphatic carbocycles. The number of rotatable bonds is 6. The fraction of sp³-hybridized carbons (Fsp3) is 0.130. The molecule has 3 aromatic heterocycles. The Morgan fingerprint density at radius 1 is 1.07 bits per heavy atom. The maximum absolute atomic E-state index is 12.3. The number of nitrogens with one attached hydrogen (secondary N) is 2. The molecule has 0 saturated carbocycles. The molecule has 0 bridgehead atoms. The number of benzene rings is 1. The third-order valence-electron chi connectivity index (χ3n) is 4.58. The number of hydrogen-bond donors (Lipinski definition) is 2. The molecule has 0 radical (unpaired) electrons. The van der Waals surface area contributed by atoms with Crippen LogP contribution >= 0.6 is 0 Å². The first-order chi connectivity index (χ1) is 14.2. The summed E-state index contributed by atoms with van der Waals surface area (Å²) >= 11 is 0. The average Bonchev–Trinajstić information content (AvgIpc) is 3.21. The molecule has 0 aliphatic heterocycles. The summed E-state index contributed by atoms with van der Waals surface area (Å²) in [5, 5.41) is 12.3. The summed E-state index contributed by atoms with van der Waals surface area (Å²) in [6.07, 6.45) is 2.80. The van der Waals surface area contributed by atoms with Crippen molar-refractivity contribution in [1.82, 2.24) is 20.3 Å². The van der Waals surface area contributed by atoms with Crippen molar-refractivity contribution in [2.75, 3.05) is 6.54 Å². The second kappa shape index (κ2) is 8.36. The van der Waals surface area contributed by atoms with Crippen molar-refractivity contribution in [1.29, 1.82) is 5.26 Å². The highest BCUT2D eigenvalue weighted by atomic mass is 16.1. The molecule has 4 aromatic rings. The van der Waals surface area contributed by atoms with Gasteiger partial charge in [-0.1, -0.05) is 36.4 Å². The summed E-state index contributed by atoms with van der Waals surface area (Å²) in [5.74, 6) is -0.244. The van der Waals surface area contributed by atoms with Gasteiger partial charge in [0.1, 0.15) is 11.3 Å². The summed E-state index contributed by atoms with van der Waals surface area (Å²) in [6.45, 7) is 0.456. The molecular weight excluding hydrogens is 362 g/mol. The van der Waals surface area contributed by atoms with Crippen LogP contribution in [0.4, 0.5) is 0 Å². The molecule has 142 valence electrons. The van der Waals surface area contributed by atoms with Crippen molar-refractivity contribution in [2.45, 2.75) is 12.8 Å². The Hall–Kier alpha value is -3.98. The van der Waals surface area contributed by atoms with E-state index in [0.29, 0.717) is 30.8 Å². The molecule has 0 atom stereocenters. The van der Waals surface area contributed by atoms with Crippen molar-refractivity contribution >= 4 is 16.9 Å². The topological polar surface area (TPSA) is 94.5 Å². The minimum Gasteiger partial charge on any atom is -0.351 e. The number of nitriles is 1. The van der Waals surface area contributed by atoms with Gasteiger partial charge in [-0.15, -0.1) is 0 Å². The lowest BCUT2D eigenvalue weighted by Gasteiger charge is -2.06. The summed E-state index contributed by atoms with van der Waals surface area (Å²) < 4.78 is 0. The van der Waals surface area contributed by atoms with Crippen LogP contribution < -0.4 is 5.32 Å². The van der Waals surface area contributed by atoms with Gasteiger partial charge in [0.25, 0.3) is 5.91 Å². The van der Waals surface area contributed by atoms with E-state index in [1.165, 1.54) is 0 Å². The van der Waals surface area contributed by atoms with Crippen molar-refractivity contribution in [3.05, 3.63) is 72.6 Å². The zero-order valence-corrected chi connectivity index (χ0v) is 15.7. The number of aromatic nitrogens is 3. The Morgan fingerprint density at radius 2 is 1.93 bits per heavy atom. The predicted molar refractivity (Wildman–Crippen MR) is 112 cm³/mol. The van der Waals surface area contributed by atoms with Crippen LogP contribution in [0.1, 0.15) is 23.3 Å². The van der Waals surface area contributed by atoms with Crippen LogP contribution in [0, 0.1) is 11.3 Å². The minimum atomic E-state index is -0.244. The van der Waals surface area contributed by atoms with Crippen LogP contribution in [0.2, 0.25) is 0 Å². The molecule has 6 heteroatoms. The molecule has 3 heterocycles. The van der Waals surface area contributed by atoms with Gasteiger partial charge >= 0.3 is 0 Å². The first kappa shape index (κ1) is 18.4. The minimum absolute atomic E-state index is 0.244. The third-order valence-corrected chi connectivity index (χ3v) is 4.58. The standard InChI is InChI=1S/C23H19N5O/c24-11-4-5-12-25-23(29)20-10-6-9-19(27-20)18-13-17-14-21(28-22(17)26-15-18)16-7-2-1-3-8-16/h1-3,6-10,13-15H,4-5,12H2,(H,25,29)(H,26,28). The van der Waals surface area contributed by atoms with Crippen LogP contribution in [-0.4, -0.2) is 27.4 Å². The second-order valence-corrected chi connectivity index (χ2v) is 6.64. The number of amides is 1. The summed E-state index contributed by atoms with van der Waals surface area (Å²) in [5.41, 5.74) is 4.78. The van der Waals surface area contributed by atoms with E-state index in [9.17, 15) is 4.79 Å². The van der Waals surface area contributed by atoms with Gasteiger partial charge < -0.3 is 10.3 Å². The van der Waals surface area contributed by atoms with Crippen LogP contribution in [0.5, 0.6) is 0 Å². The van der Waals surface area contributed by atoms with Crippen LogP contribution in [0.3, 0.4) is 0 Å². The summed E-state index contributed by atoms with van der Waals surface area (Å²) in [6, 6.07) is 21.6. The van der Waals surface area contributed by atoms with E-state index in [0.717, 1.165) is 27.9 Å². The van der Waals surface area contributed by atoms with E-state index < -0.39 is 0 Å². The Labute approximate surface area is 168 Å². The van der Waals surface area contributed by atoms with Crippen LogP contribution in [0.25, 0.3) is 33.5 Å². The highest BCUT2D eigenvalue weighted by Gasteiger charge is 2.10. The molecule has 29 heavy (non-hydrogen) atoms. The molecule has 0 spiro atoms. The zero-order valence-electron chi connectivity index (χ0n) is 15.7. The fourth-order valence-electron chi connectivity index (χ4n) is 3.11. The Bertz CT molecular complexity index is 1190. The number of unbranched alkanes of at least 4 members (excludes halogenated alkanes) is 1. The number of carbonyl (C=O) groups is 1. The molecule has 0 fully saturated rings. The Morgan fingerprint density at radius 3 is 2.76 bits per heavy atom. The predicted octanol–water partition coefficient (Wildman–Crippen LogP) is 4.33. The Kier molecular flexibility index (Phi) is 5.30. The number of pyridine rings is 2. The van der Waals surface area contributed by atoms with Gasteiger partial charge in [-0.05, 0) is 36.2 Å². The molecular formula is C23H19N5O. The summed E-state index contributed by atoms with van der Waals surface area (Å²) in [7, 11) is 0. The van der Waals surface area contributed by atoms with E-state index in [2.05, 4.69) is 32.4 Å². The lowest BCUT2D eigenvalue weighted by atomic mass is 10.1. The molecule has 0 aliphatic rings. The van der Waals surface area contributed by atoms with Crippen LogP contribution in [0.15, 0.2) is 66.9 Å². The molecule has 6 nitrogen and oxygen atoms in total. The number of H-pyrrole nitrogens is 1. The number of hydrogen-bond acceptors (Lipinski definition) is 4. The van der Waals surface area contributed by atoms with Gasteiger partial charge in [-0.3, -0.25) is 4.79 Å². The normalized spacial score (nSPS) is 10.6. The molecule has 1 aromatic carbocycles. The molecule has 0 saturated heterocycles. The van der Waals surface area contributed by atoms with Gasteiger partial charge in [-0.2, -0.15) is 5.26 Å². The number of fused-ring (bicyclic) bond motifs is 1. The number of nitrogens with zero attached hydrogens (tertiary/aromatic N) is 3. The number of aromatic amines is 1. The van der Waals surface area contributed by atoms with E-state index in [-0.39, 0.29) is 5.91 Å². The first-order valence-electron chi connectivity index (χ1n) is 9.41. The lowest BCUT2D eigenvalue weighted by molar-refractivity contribution is 0.0948. The monoisotopic (exact) mass is 381 g/mol. The SMILES string of the molecule is N#CCCCNC(=O)c1cccc(-c2cnc3[nH]c(-c4ccccc4)cc3c2)n1. The second-order valence-electron chi connectivity index (χ2n) is 6.64. The van der Waals surface area contributed by atoms with Crippen molar-refractivity contribution in [3.63, 3.8) is 0 Å². The van der Waals surface area contributed by atoms with Gasteiger partial charge in [0.2, 0.25) is 0 Å².